The molecule has 0 aliphatic carbocycles. The fourth-order valence-electron chi connectivity index (χ4n) is 9.82. The molecule has 0 radical (unpaired) electrons. The van der Waals surface area contributed by atoms with Crippen LogP contribution >= 0.6 is 0 Å². The summed E-state index contributed by atoms with van der Waals surface area (Å²) >= 11 is 0. The van der Waals surface area contributed by atoms with Gasteiger partial charge >= 0.3 is 5.97 Å². The predicted molar refractivity (Wildman–Crippen MR) is 262 cm³/mol. The molecule has 72 heavy (non-hydrogen) atoms. The topological polar surface area (TPSA) is 320 Å². The van der Waals surface area contributed by atoms with Crippen molar-refractivity contribution in [3.8, 4) is 0 Å². The maximum absolute atomic E-state index is 13.6. The van der Waals surface area contributed by atoms with Crippen molar-refractivity contribution in [2.75, 3.05) is 57.7 Å². The van der Waals surface area contributed by atoms with Crippen molar-refractivity contribution in [3.63, 3.8) is 0 Å². The molecule has 2 N–H and O–H groups in total. The van der Waals surface area contributed by atoms with Crippen LogP contribution in [0, 0.1) is 0 Å². The molecule has 1 atom stereocenters. The Morgan fingerprint density at radius 1 is 0.736 bits per heavy atom. The summed E-state index contributed by atoms with van der Waals surface area (Å²) in [6, 6.07) is 10.1. The first-order chi connectivity index (χ1) is 33.6. The fraction of sp³-hybridized carbons (Fsp3) is 0.396. The van der Waals surface area contributed by atoms with Gasteiger partial charge < -0.3 is 43.0 Å². The van der Waals surface area contributed by atoms with Crippen LogP contribution in [0.5, 0.6) is 0 Å². The van der Waals surface area contributed by atoms with Crippen LogP contribution in [0.3, 0.4) is 0 Å². The number of carboxylic acid groups (broad SMARTS) is 1. The number of anilines is 1. The molecular formula is C48H54N3O17S4-3. The summed E-state index contributed by atoms with van der Waals surface area (Å²) in [7, 11) is -17.5. The van der Waals surface area contributed by atoms with Crippen molar-refractivity contribution in [2.45, 2.75) is 84.8 Å². The lowest BCUT2D eigenvalue weighted by atomic mass is 9.75. The minimum atomic E-state index is -5.28. The highest BCUT2D eigenvalue weighted by Gasteiger charge is 2.47. The third-order valence-electron chi connectivity index (χ3n) is 13.0. The van der Waals surface area contributed by atoms with Crippen molar-refractivity contribution in [2.24, 2.45) is 0 Å². The third kappa shape index (κ3) is 12.0. The Balaban J connectivity index is 1.51. The highest BCUT2D eigenvalue weighted by atomic mass is 32.2. The van der Waals surface area contributed by atoms with E-state index in [1.54, 1.807) is 69.4 Å². The number of fused-ring (bicyclic) bond motifs is 6. The summed E-state index contributed by atoms with van der Waals surface area (Å²) < 4.78 is 161. The molecule has 4 aromatic carbocycles. The van der Waals surface area contributed by atoms with Crippen LogP contribution in [-0.2, 0) is 65.6 Å². The van der Waals surface area contributed by atoms with Gasteiger partial charge in [0, 0.05) is 91.4 Å². The molecule has 0 bridgehead atoms. The van der Waals surface area contributed by atoms with Gasteiger partial charge in [-0.1, -0.05) is 24.3 Å². The summed E-state index contributed by atoms with van der Waals surface area (Å²) in [4.78, 5) is 24.3. The number of hydrogen-bond donors (Lipinski definition) is 2. The van der Waals surface area contributed by atoms with Gasteiger partial charge in [-0.05, 0) is 111 Å². The smallest absolute Gasteiger partial charge is 0.303 e. The van der Waals surface area contributed by atoms with E-state index in [0.29, 0.717) is 71.2 Å². The lowest BCUT2D eigenvalue weighted by Crippen LogP contribution is -2.31. The van der Waals surface area contributed by atoms with Crippen molar-refractivity contribution in [3.05, 3.63) is 101 Å². The van der Waals surface area contributed by atoms with Gasteiger partial charge in [0.15, 0.2) is 5.71 Å². The van der Waals surface area contributed by atoms with Gasteiger partial charge in [0.25, 0.3) is 5.91 Å². The molecule has 24 heteroatoms. The molecule has 6 rings (SSSR count). The first-order valence-electron chi connectivity index (χ1n) is 22.6. The number of carboxylic acids is 1. The molecule has 1 unspecified atom stereocenters. The number of nitrogens with zero attached hydrogens (tertiary/aromatic N) is 2. The lowest BCUT2D eigenvalue weighted by molar-refractivity contribution is -0.438. The van der Waals surface area contributed by atoms with Crippen molar-refractivity contribution in [1.82, 2.24) is 5.32 Å². The van der Waals surface area contributed by atoms with Crippen LogP contribution in [0.4, 0.5) is 11.4 Å². The zero-order valence-corrected chi connectivity index (χ0v) is 43.3. The number of nitrogens with one attached hydrogen (secondary N) is 1. The van der Waals surface area contributed by atoms with E-state index in [2.05, 4.69) is 5.32 Å². The van der Waals surface area contributed by atoms with E-state index >= 15 is 0 Å². The van der Waals surface area contributed by atoms with E-state index in [4.69, 9.17) is 9.47 Å². The molecule has 1 amide bonds. The Morgan fingerprint density at radius 3 is 1.99 bits per heavy atom. The Kier molecular flexibility index (Phi) is 16.8. The third-order valence-corrected chi connectivity index (χ3v) is 16.2. The second kappa shape index (κ2) is 21.6. The van der Waals surface area contributed by atoms with Crippen molar-refractivity contribution >= 4 is 91.0 Å². The number of carbonyl (C=O) groups excluding carboxylic acids is 1. The average Bonchev–Trinajstić information content (AvgIpc) is 3.64. The molecular weight excluding hydrogens is 1020 g/mol. The van der Waals surface area contributed by atoms with Gasteiger partial charge in [-0.3, -0.25) is 9.59 Å². The number of methoxy groups -OCH3 is 2. The van der Waals surface area contributed by atoms with Crippen molar-refractivity contribution < 1.29 is 80.6 Å². The van der Waals surface area contributed by atoms with Crippen molar-refractivity contribution in [1.29, 1.82) is 0 Å². The predicted octanol–water partition coefficient (Wildman–Crippen LogP) is 4.85. The molecule has 20 nitrogen and oxygen atoms in total. The Hall–Kier alpha value is -5.41. The molecule has 0 fully saturated rings. The van der Waals surface area contributed by atoms with Crippen LogP contribution < -0.4 is 10.2 Å². The largest absolute Gasteiger partial charge is 0.748 e. The summed E-state index contributed by atoms with van der Waals surface area (Å²) in [5, 5.41) is 12.4. The van der Waals surface area contributed by atoms with Gasteiger partial charge in [-0.15, -0.1) is 0 Å². The minimum absolute atomic E-state index is 0.0216. The van der Waals surface area contributed by atoms with Gasteiger partial charge in [0.05, 0.1) is 43.4 Å². The summed E-state index contributed by atoms with van der Waals surface area (Å²) in [6.45, 7) is 6.29. The number of benzene rings is 4. The van der Waals surface area contributed by atoms with E-state index in [1.807, 2.05) is 9.48 Å². The van der Waals surface area contributed by atoms with Gasteiger partial charge in [-0.25, -0.2) is 33.7 Å². The summed E-state index contributed by atoms with van der Waals surface area (Å²) in [5.41, 5.74) is 0.756. The number of unbranched alkanes of at least 4 members (excludes halogenated alkanes) is 2. The summed E-state index contributed by atoms with van der Waals surface area (Å²) in [6.07, 6.45) is 9.78. The monoisotopic (exact) mass is 1070 g/mol. The molecule has 0 saturated carbocycles. The number of amides is 1. The molecule has 390 valence electrons. The normalized spacial score (nSPS) is 17.8. The first kappa shape index (κ1) is 55.9. The fourth-order valence-corrected chi connectivity index (χ4v) is 12.2. The molecule has 0 aromatic heterocycles. The second-order valence-electron chi connectivity index (χ2n) is 18.1. The highest BCUT2D eigenvalue weighted by molar-refractivity contribution is 7.87. The van der Waals surface area contributed by atoms with E-state index in [-0.39, 0.29) is 67.3 Å². The molecule has 2 heterocycles. The van der Waals surface area contributed by atoms with Crippen LogP contribution in [0.1, 0.15) is 80.8 Å². The van der Waals surface area contributed by atoms with Gasteiger partial charge in [0.2, 0.25) is 5.69 Å². The molecule has 0 saturated heterocycles. The zero-order valence-electron chi connectivity index (χ0n) is 40.0. The SMILES string of the molecule is COCCNC(=O)c1cc(S(=O)(=O)[O-])cc2c3c(ccc12)N(CCOC)C(=CC=CC=CC1=[N+](CCCCCC(=O)O)c2ccc4c(S(=O)(=O)[O-])cc(S(=O)(=O)[O-])cc4c2C1(C)C)C3(C)CCCS(=O)(=O)[O-]. The Bertz CT molecular complexity index is 3420. The molecule has 4 aromatic rings. The number of allylic oxidation sites excluding steroid dienone is 6. The molecule has 2 aliphatic rings. The summed E-state index contributed by atoms with van der Waals surface area (Å²) in [5.74, 6) is -2.37. The number of ether oxygens (including phenoxy) is 2. The zero-order chi connectivity index (χ0) is 53.2. The minimum Gasteiger partial charge on any atom is -0.748 e. The first-order valence-corrected chi connectivity index (χ1v) is 28.4. The molecule has 2 aliphatic heterocycles. The number of carbonyl (C=O) groups is 2. The highest BCUT2D eigenvalue weighted by Crippen LogP contribution is 2.54. The van der Waals surface area contributed by atoms with Crippen LogP contribution in [0.2, 0.25) is 0 Å². The van der Waals surface area contributed by atoms with E-state index in [9.17, 15) is 66.6 Å². The average molecular weight is 1070 g/mol. The molecule has 0 spiro atoms. The standard InChI is InChI=1S/C48H57N3O17S4/c1-47(2)41(50(22-11-7-10-15-43(52)53)38-19-17-34-36(44(38)47)28-32(71(61,62)63)30-40(34)72(64,65)66)13-8-6-9-14-42-48(3,20-12-26-69(55,56)57)45-35-27-31(70(58,59)60)29-37(46(54)49-21-24-67-4)33(35)16-18-39(45)51(42)23-25-68-5/h6,8-9,13-14,16-19,27-30H,7,10-12,15,20-26H2,1-5H3,(H5-,49,52,53,54,55,56,57,58,59,60,61,62,63,64,65,66)/p-3. The maximum atomic E-state index is 13.6. The second-order valence-corrected chi connectivity index (χ2v) is 23.7. The van der Waals surface area contributed by atoms with E-state index < -0.39 is 83.6 Å². The lowest BCUT2D eigenvalue weighted by Gasteiger charge is -2.31. The van der Waals surface area contributed by atoms with E-state index in [0.717, 1.165) is 12.1 Å². The number of aliphatic carboxylic acids is 1. The van der Waals surface area contributed by atoms with Crippen LogP contribution in [0.25, 0.3) is 21.5 Å². The quantitative estimate of drug-likeness (QED) is 0.0434. The van der Waals surface area contributed by atoms with Gasteiger partial charge in [-0.2, -0.15) is 4.58 Å². The van der Waals surface area contributed by atoms with Crippen LogP contribution in [-0.4, -0.2) is 132 Å². The Labute approximate surface area is 418 Å². The van der Waals surface area contributed by atoms with E-state index in [1.165, 1.54) is 26.4 Å². The Morgan fingerprint density at radius 2 is 1.38 bits per heavy atom. The maximum Gasteiger partial charge on any atom is 0.303 e. The number of hydrogen-bond acceptors (Lipinski definition) is 17. The van der Waals surface area contributed by atoms with Gasteiger partial charge in [0.1, 0.15) is 36.9 Å². The number of rotatable bonds is 23. The van der Waals surface area contributed by atoms with Crippen LogP contribution in [0.15, 0.2) is 99.3 Å².